The largest absolute Gasteiger partial charge is 2.00 e. The normalized spacial score (nSPS) is 11.5. The average Bonchev–Trinajstić information content (AvgIpc) is 2.99. The Morgan fingerprint density at radius 2 is 0.618 bits per heavy atom. The summed E-state index contributed by atoms with van der Waals surface area (Å²) in [5, 5.41) is 0. The van der Waals surface area contributed by atoms with Gasteiger partial charge in [0.1, 0.15) is 49.4 Å². The number of aromatic amines is 2. The number of rotatable bonds is 12. The monoisotopic (exact) mass is 1200 g/mol. The zero-order chi connectivity index (χ0) is 59.8. The SMILES string of the molecule is C#CCOc1ccc(-c2c3nc(cc4ccc([n-]4)c(-c4ccc(OCC#C)cc4)c4nc(cc5ccc2[n-]5)C=C4)C=C3)cc1.C#CCOc1ccc(-c2c3nc(cc4ccc([nH]4)c(-c4ccc(OCC#C)cc4)c4nc(cc5ccc2[nH]5)C=C4)C=C3)cc1.[Zn+2]. The molecule has 10 heterocycles. The second kappa shape index (κ2) is 26.2. The molecule has 2 N–H and O–H groups in total. The molecule has 420 valence electrons. The first-order valence-electron chi connectivity index (χ1n) is 28.1. The average molecular weight is 1200 g/mol. The van der Waals surface area contributed by atoms with Crippen molar-refractivity contribution < 1.29 is 38.4 Å². The van der Waals surface area contributed by atoms with Gasteiger partial charge in [-0.2, -0.15) is 0 Å². The molecule has 0 amide bonds. The summed E-state index contributed by atoms with van der Waals surface area (Å²) in [6.07, 6.45) is 37.6. The summed E-state index contributed by atoms with van der Waals surface area (Å²) >= 11 is 0. The van der Waals surface area contributed by atoms with E-state index in [4.69, 9.17) is 74.5 Å². The van der Waals surface area contributed by atoms with Gasteiger partial charge in [0.25, 0.3) is 0 Å². The summed E-state index contributed by atoms with van der Waals surface area (Å²) < 4.78 is 22.4. The molecular formula is C76H50N8O4Zn. The number of aromatic nitrogens is 8. The maximum atomic E-state index is 5.59. The second-order valence-electron chi connectivity index (χ2n) is 20.3. The zero-order valence-electron chi connectivity index (χ0n) is 47.9. The Morgan fingerprint density at radius 1 is 0.326 bits per heavy atom. The van der Waals surface area contributed by atoms with Crippen LogP contribution in [0.25, 0.3) is 137 Å². The summed E-state index contributed by atoms with van der Waals surface area (Å²) in [6.45, 7) is 0.874. The van der Waals surface area contributed by atoms with Gasteiger partial charge in [-0.15, -0.1) is 47.8 Å². The van der Waals surface area contributed by atoms with Gasteiger partial charge in [-0.05, 0) is 167 Å². The number of nitrogens with zero attached hydrogens (tertiary/aromatic N) is 6. The van der Waals surface area contributed by atoms with E-state index in [0.717, 1.165) is 146 Å². The third-order valence-electron chi connectivity index (χ3n) is 14.5. The first-order valence-corrected chi connectivity index (χ1v) is 28.1. The first kappa shape index (κ1) is 57.6. The van der Waals surface area contributed by atoms with Crippen molar-refractivity contribution >= 4 is 92.7 Å². The molecule has 0 unspecified atom stereocenters. The van der Waals surface area contributed by atoms with Crippen LogP contribution in [-0.2, 0) is 19.5 Å². The Balaban J connectivity index is 0.000000171. The number of hydrogen-bond acceptors (Lipinski definition) is 8. The molecule has 0 saturated carbocycles. The van der Waals surface area contributed by atoms with Crippen molar-refractivity contribution in [1.82, 2.24) is 39.9 Å². The molecule has 0 fully saturated rings. The molecular weight excluding hydrogens is 1150 g/mol. The van der Waals surface area contributed by atoms with E-state index < -0.39 is 0 Å². The fourth-order valence-electron chi connectivity index (χ4n) is 10.6. The van der Waals surface area contributed by atoms with E-state index in [1.165, 1.54) is 0 Å². The Bertz CT molecular complexity index is 4380. The number of benzene rings is 4. The van der Waals surface area contributed by atoms with Gasteiger partial charge < -0.3 is 38.9 Å². The van der Waals surface area contributed by atoms with Gasteiger partial charge in [0.05, 0.1) is 45.6 Å². The van der Waals surface area contributed by atoms with E-state index >= 15 is 0 Å². The topological polar surface area (TPSA) is 148 Å². The molecule has 0 aliphatic carbocycles. The third kappa shape index (κ3) is 12.9. The molecule has 6 aromatic heterocycles. The predicted molar refractivity (Wildman–Crippen MR) is 355 cm³/mol. The molecule has 0 spiro atoms. The maximum absolute atomic E-state index is 5.59. The Hall–Kier alpha value is -11.9. The van der Waals surface area contributed by atoms with Crippen molar-refractivity contribution in [1.29, 1.82) is 0 Å². The molecule has 4 aliphatic heterocycles. The van der Waals surface area contributed by atoms with E-state index in [1.54, 1.807) is 0 Å². The summed E-state index contributed by atoms with van der Waals surface area (Å²) in [4.78, 5) is 37.1. The van der Waals surface area contributed by atoms with Gasteiger partial charge in [-0.3, -0.25) is 0 Å². The van der Waals surface area contributed by atoms with Crippen molar-refractivity contribution in [3.05, 3.63) is 215 Å². The fraction of sp³-hybridized carbons (Fsp3) is 0.0526. The minimum atomic E-state index is 0. The predicted octanol–water partition coefficient (Wildman–Crippen LogP) is 15.3. The molecule has 10 aromatic rings. The maximum Gasteiger partial charge on any atom is 2.00 e. The Kier molecular flexibility index (Phi) is 16.9. The molecule has 4 aromatic carbocycles. The van der Waals surface area contributed by atoms with Crippen LogP contribution in [0.3, 0.4) is 0 Å². The number of ether oxygens (including phenoxy) is 4. The molecule has 12 nitrogen and oxygen atoms in total. The van der Waals surface area contributed by atoms with E-state index in [0.29, 0.717) is 11.5 Å². The van der Waals surface area contributed by atoms with Crippen LogP contribution in [0.5, 0.6) is 23.0 Å². The molecule has 89 heavy (non-hydrogen) atoms. The molecule has 13 heteroatoms. The van der Waals surface area contributed by atoms with Crippen LogP contribution in [0.15, 0.2) is 170 Å². The van der Waals surface area contributed by atoms with E-state index in [-0.39, 0.29) is 45.9 Å². The summed E-state index contributed by atoms with van der Waals surface area (Å²) in [5.74, 6) is 12.8. The molecule has 4 aliphatic rings. The molecule has 0 saturated heterocycles. The van der Waals surface area contributed by atoms with Crippen molar-refractivity contribution in [2.75, 3.05) is 26.4 Å². The van der Waals surface area contributed by atoms with Gasteiger partial charge in [-0.1, -0.05) is 109 Å². The fourth-order valence-corrected chi connectivity index (χ4v) is 10.6. The minimum Gasteiger partial charge on any atom is -0.657 e. The van der Waals surface area contributed by atoms with Gasteiger partial charge in [0, 0.05) is 33.2 Å². The van der Waals surface area contributed by atoms with Crippen LogP contribution < -0.4 is 28.9 Å². The summed E-state index contributed by atoms with van der Waals surface area (Å²) in [5.41, 5.74) is 21.3. The van der Waals surface area contributed by atoms with Crippen LogP contribution >= 0.6 is 0 Å². The van der Waals surface area contributed by atoms with E-state index in [9.17, 15) is 0 Å². The van der Waals surface area contributed by atoms with Crippen molar-refractivity contribution in [2.45, 2.75) is 0 Å². The third-order valence-corrected chi connectivity index (χ3v) is 14.5. The Morgan fingerprint density at radius 3 is 0.933 bits per heavy atom. The van der Waals surface area contributed by atoms with E-state index in [1.807, 2.05) is 194 Å². The van der Waals surface area contributed by atoms with Crippen LogP contribution in [0.1, 0.15) is 45.6 Å². The number of fused-ring (bicyclic) bond motifs is 16. The van der Waals surface area contributed by atoms with E-state index in [2.05, 4.69) is 57.9 Å². The standard InChI is InChI=1S/C38H26N4O2.C38H24N4O2.Zn/c2*1-3-21-43-31-13-5-25(6-14-31)37-33-17-9-27(39-33)23-29-11-19-35(41-29)38(26-7-15-32(16-8-26)44-22-4-2)36-20-12-30(42-36)24-28-10-18-34(37)40-28;/h1-2,5-20,23-24,39,42H,21-22H2;1-2,5-20,23-24H,21-22H2;/q;-2;+2. The molecule has 16 bridgehead atoms. The van der Waals surface area contributed by atoms with Gasteiger partial charge in [-0.25, -0.2) is 19.9 Å². The minimum absolute atomic E-state index is 0. The quantitative estimate of drug-likeness (QED) is 0.0894. The molecule has 0 radical (unpaired) electrons. The van der Waals surface area contributed by atoms with Crippen molar-refractivity contribution in [3.8, 4) is 117 Å². The van der Waals surface area contributed by atoms with Crippen LogP contribution in [0.4, 0.5) is 0 Å². The smallest absolute Gasteiger partial charge is 0.657 e. The van der Waals surface area contributed by atoms with Gasteiger partial charge >= 0.3 is 19.5 Å². The Labute approximate surface area is 526 Å². The number of H-pyrrole nitrogens is 2. The number of hydrogen-bond donors (Lipinski definition) is 2. The van der Waals surface area contributed by atoms with Crippen molar-refractivity contribution in [2.24, 2.45) is 0 Å². The van der Waals surface area contributed by atoms with Crippen LogP contribution in [0.2, 0.25) is 0 Å². The van der Waals surface area contributed by atoms with Gasteiger partial charge in [0.2, 0.25) is 0 Å². The van der Waals surface area contributed by atoms with Crippen LogP contribution in [-0.4, -0.2) is 56.3 Å². The zero-order valence-corrected chi connectivity index (χ0v) is 50.9. The second-order valence-corrected chi connectivity index (χ2v) is 20.3. The molecule has 14 rings (SSSR count). The van der Waals surface area contributed by atoms with Crippen molar-refractivity contribution in [3.63, 3.8) is 0 Å². The number of terminal acetylenes is 4. The summed E-state index contributed by atoms with van der Waals surface area (Å²) in [6, 6.07) is 55.7. The van der Waals surface area contributed by atoms with Gasteiger partial charge in [0.15, 0.2) is 0 Å². The van der Waals surface area contributed by atoms with Crippen LogP contribution in [0, 0.1) is 49.4 Å². The number of nitrogens with one attached hydrogen (secondary N) is 2. The molecule has 0 atom stereocenters. The summed E-state index contributed by atoms with van der Waals surface area (Å²) in [7, 11) is 0. The first-order chi connectivity index (χ1) is 43.3.